The molecular weight excluding hydrogens is 309 g/mol. The number of aliphatic hydroxyl groups excluding tert-OH is 1. The highest BCUT2D eigenvalue weighted by atomic mass is 35.5. The van der Waals surface area contributed by atoms with Crippen LogP contribution in [-0.2, 0) is 10.0 Å². The van der Waals surface area contributed by atoms with Gasteiger partial charge in [-0.3, -0.25) is 0 Å². The Balaban J connectivity index is 3.15. The lowest BCUT2D eigenvalue weighted by molar-refractivity contribution is 0.252. The van der Waals surface area contributed by atoms with Crippen LogP contribution < -0.4 is 0 Å². The maximum atomic E-state index is 12.5. The van der Waals surface area contributed by atoms with Gasteiger partial charge in [0.15, 0.2) is 0 Å². The van der Waals surface area contributed by atoms with Gasteiger partial charge < -0.3 is 5.11 Å². The Kier molecular flexibility index (Phi) is 6.56. The minimum Gasteiger partial charge on any atom is -0.395 e. The van der Waals surface area contributed by atoms with Crippen molar-refractivity contribution in [2.24, 2.45) is 0 Å². The van der Waals surface area contributed by atoms with Crippen LogP contribution in [0.25, 0.3) is 0 Å². The maximum Gasteiger partial charge on any atom is 0.244 e. The minimum absolute atomic E-state index is 0.0172. The molecule has 0 aliphatic heterocycles. The summed E-state index contributed by atoms with van der Waals surface area (Å²) in [6.07, 6.45) is 1.58. The van der Waals surface area contributed by atoms with E-state index in [2.05, 4.69) is 0 Å². The summed E-state index contributed by atoms with van der Waals surface area (Å²) < 4.78 is 26.2. The average Bonchev–Trinajstić information content (AvgIpc) is 2.37. The molecule has 19 heavy (non-hydrogen) atoms. The van der Waals surface area contributed by atoms with Crippen molar-refractivity contribution in [2.45, 2.75) is 24.7 Å². The second-order valence-electron chi connectivity index (χ2n) is 4.03. The van der Waals surface area contributed by atoms with E-state index in [1.54, 1.807) is 0 Å². The van der Waals surface area contributed by atoms with E-state index in [9.17, 15) is 8.42 Å². The van der Waals surface area contributed by atoms with Crippen LogP contribution in [-0.4, -0.2) is 37.5 Å². The van der Waals surface area contributed by atoms with Gasteiger partial charge in [-0.1, -0.05) is 42.6 Å². The Labute approximate surface area is 124 Å². The molecule has 7 heteroatoms. The molecule has 0 atom stereocenters. The van der Waals surface area contributed by atoms with Crippen molar-refractivity contribution >= 4 is 33.2 Å². The van der Waals surface area contributed by atoms with Crippen molar-refractivity contribution in [2.75, 3.05) is 19.7 Å². The molecule has 0 aromatic heterocycles. The number of benzene rings is 1. The molecule has 0 saturated heterocycles. The van der Waals surface area contributed by atoms with E-state index in [-0.39, 0.29) is 28.1 Å². The zero-order valence-corrected chi connectivity index (χ0v) is 13.0. The lowest BCUT2D eigenvalue weighted by Crippen LogP contribution is -2.34. The van der Waals surface area contributed by atoms with Crippen LogP contribution in [0.1, 0.15) is 19.8 Å². The Morgan fingerprint density at radius 3 is 2.53 bits per heavy atom. The van der Waals surface area contributed by atoms with E-state index in [0.29, 0.717) is 6.54 Å². The van der Waals surface area contributed by atoms with Gasteiger partial charge in [0.25, 0.3) is 0 Å². The Morgan fingerprint density at radius 2 is 1.95 bits per heavy atom. The zero-order chi connectivity index (χ0) is 14.5. The number of hydrogen-bond acceptors (Lipinski definition) is 3. The second kappa shape index (κ2) is 7.45. The molecule has 0 heterocycles. The number of halogens is 2. The van der Waals surface area contributed by atoms with E-state index < -0.39 is 10.0 Å². The summed E-state index contributed by atoms with van der Waals surface area (Å²) in [4.78, 5) is -0.0220. The smallest absolute Gasteiger partial charge is 0.244 e. The van der Waals surface area contributed by atoms with Crippen molar-refractivity contribution in [1.82, 2.24) is 4.31 Å². The van der Waals surface area contributed by atoms with Gasteiger partial charge in [-0.2, -0.15) is 4.31 Å². The van der Waals surface area contributed by atoms with Gasteiger partial charge in [0.2, 0.25) is 10.0 Å². The van der Waals surface area contributed by atoms with Crippen LogP contribution in [0.5, 0.6) is 0 Å². The van der Waals surface area contributed by atoms with Gasteiger partial charge in [0, 0.05) is 13.1 Å². The fraction of sp³-hybridized carbons (Fsp3) is 0.500. The number of nitrogens with zero attached hydrogens (tertiary/aromatic N) is 1. The molecule has 0 spiro atoms. The highest BCUT2D eigenvalue weighted by Gasteiger charge is 2.26. The largest absolute Gasteiger partial charge is 0.395 e. The van der Waals surface area contributed by atoms with E-state index in [1.165, 1.54) is 22.5 Å². The summed E-state index contributed by atoms with van der Waals surface area (Å²) >= 11 is 11.8. The third-order valence-electron chi connectivity index (χ3n) is 2.64. The fourth-order valence-corrected chi connectivity index (χ4v) is 3.83. The normalized spacial score (nSPS) is 12.1. The van der Waals surface area contributed by atoms with Crippen LogP contribution >= 0.6 is 23.2 Å². The van der Waals surface area contributed by atoms with Crippen LogP contribution in [0.2, 0.25) is 10.0 Å². The van der Waals surface area contributed by atoms with E-state index in [1.807, 2.05) is 6.92 Å². The Morgan fingerprint density at radius 1 is 1.26 bits per heavy atom. The Bertz CT molecular complexity index is 520. The standard InChI is InChI=1S/C12H17Cl2NO3S/c1-2-3-7-15(8-9-16)19(17,18)11-6-4-5-10(13)12(11)14/h4-6,16H,2-3,7-9H2,1H3. The highest BCUT2D eigenvalue weighted by molar-refractivity contribution is 7.89. The Hall–Kier alpha value is -0.330. The van der Waals surface area contributed by atoms with E-state index >= 15 is 0 Å². The van der Waals surface area contributed by atoms with Crippen LogP contribution in [0.15, 0.2) is 23.1 Å². The van der Waals surface area contributed by atoms with Gasteiger partial charge in [-0.25, -0.2) is 8.42 Å². The molecule has 4 nitrogen and oxygen atoms in total. The third-order valence-corrected chi connectivity index (χ3v) is 5.52. The molecule has 1 N–H and O–H groups in total. The first-order valence-electron chi connectivity index (χ1n) is 6.00. The summed E-state index contributed by atoms with van der Waals surface area (Å²) in [5.74, 6) is 0. The first kappa shape index (κ1) is 16.7. The first-order chi connectivity index (χ1) is 8.95. The molecule has 0 saturated carbocycles. The van der Waals surface area contributed by atoms with Gasteiger partial charge >= 0.3 is 0 Å². The molecular formula is C12H17Cl2NO3S. The van der Waals surface area contributed by atoms with Gasteiger partial charge in [-0.15, -0.1) is 0 Å². The van der Waals surface area contributed by atoms with Crippen molar-refractivity contribution in [3.63, 3.8) is 0 Å². The highest BCUT2D eigenvalue weighted by Crippen LogP contribution is 2.30. The van der Waals surface area contributed by atoms with Crippen LogP contribution in [0, 0.1) is 0 Å². The molecule has 0 aliphatic carbocycles. The molecule has 0 radical (unpaired) electrons. The first-order valence-corrected chi connectivity index (χ1v) is 8.19. The molecule has 1 rings (SSSR count). The molecule has 0 bridgehead atoms. The molecule has 1 aromatic rings. The van der Waals surface area contributed by atoms with E-state index in [0.717, 1.165) is 12.8 Å². The summed E-state index contributed by atoms with van der Waals surface area (Å²) in [5, 5.41) is 9.22. The summed E-state index contributed by atoms with van der Waals surface area (Å²) in [7, 11) is -3.73. The number of sulfonamides is 1. The monoisotopic (exact) mass is 325 g/mol. The fourth-order valence-electron chi connectivity index (χ4n) is 1.62. The molecule has 1 aromatic carbocycles. The van der Waals surface area contributed by atoms with Crippen molar-refractivity contribution in [3.05, 3.63) is 28.2 Å². The molecule has 108 valence electrons. The SMILES string of the molecule is CCCCN(CCO)S(=O)(=O)c1cccc(Cl)c1Cl. The molecule has 0 fully saturated rings. The van der Waals surface area contributed by atoms with Crippen molar-refractivity contribution in [3.8, 4) is 0 Å². The topological polar surface area (TPSA) is 57.6 Å². The number of hydrogen-bond donors (Lipinski definition) is 1. The van der Waals surface area contributed by atoms with Crippen LogP contribution in [0.4, 0.5) is 0 Å². The predicted octanol–water partition coefficient (Wildman–Crippen LogP) is 2.78. The predicted molar refractivity (Wildman–Crippen MR) is 77.2 cm³/mol. The summed E-state index contributed by atoms with van der Waals surface area (Å²) in [6, 6.07) is 4.49. The molecule has 0 aliphatic rings. The lowest BCUT2D eigenvalue weighted by atomic mass is 10.3. The summed E-state index contributed by atoms with van der Waals surface area (Å²) in [5.41, 5.74) is 0. The molecule has 0 unspecified atom stereocenters. The third kappa shape index (κ3) is 4.07. The lowest BCUT2D eigenvalue weighted by Gasteiger charge is -2.21. The zero-order valence-electron chi connectivity index (χ0n) is 10.6. The van der Waals surface area contributed by atoms with Crippen LogP contribution in [0.3, 0.4) is 0 Å². The maximum absolute atomic E-state index is 12.5. The molecule has 0 amide bonds. The van der Waals surface area contributed by atoms with Gasteiger partial charge in [-0.05, 0) is 18.6 Å². The number of rotatable bonds is 7. The average molecular weight is 326 g/mol. The quantitative estimate of drug-likeness (QED) is 0.838. The number of aliphatic hydroxyl groups is 1. The number of unbranched alkanes of at least 4 members (excludes halogenated alkanes) is 1. The summed E-state index contributed by atoms with van der Waals surface area (Å²) in [6.45, 7) is 2.13. The van der Waals surface area contributed by atoms with Gasteiger partial charge in [0.05, 0.1) is 16.7 Å². The second-order valence-corrected chi connectivity index (χ2v) is 6.72. The minimum atomic E-state index is -3.73. The van der Waals surface area contributed by atoms with Crippen molar-refractivity contribution < 1.29 is 13.5 Å². The van der Waals surface area contributed by atoms with E-state index in [4.69, 9.17) is 28.3 Å². The van der Waals surface area contributed by atoms with Crippen molar-refractivity contribution in [1.29, 1.82) is 0 Å². The van der Waals surface area contributed by atoms with Gasteiger partial charge in [0.1, 0.15) is 4.90 Å².